The van der Waals surface area contributed by atoms with Crippen LogP contribution in [0.15, 0.2) is 65.1 Å². The van der Waals surface area contributed by atoms with Crippen molar-refractivity contribution in [1.29, 1.82) is 0 Å². The van der Waals surface area contributed by atoms with Crippen LogP contribution in [0.2, 0.25) is 0 Å². The van der Waals surface area contributed by atoms with E-state index in [1.165, 1.54) is 35.1 Å². The number of aryl methyl sites for hydroxylation is 1. The molecule has 0 aliphatic carbocycles. The first-order chi connectivity index (χ1) is 17.7. The standard InChI is InChI=1S/C9H10O.C8H7BrO.C8H8O.C4H8O.Br2/c1-7-2-3-9-8(6-7)4-5-10-9;9-7-1-2-8-6(5-7)3-4-10-8;1-2-4-8-7(3-1)5-6-9-8;1-2-4-5-3-1;1-2/h2-3,6H,4-5H2,1H3;1-2,5H,3-4H2;1-4H,5-6H2;1-4H2;. The van der Waals surface area contributed by atoms with E-state index in [0.717, 1.165) is 74.0 Å². The van der Waals surface area contributed by atoms with Crippen LogP contribution in [0.4, 0.5) is 0 Å². The van der Waals surface area contributed by atoms with Gasteiger partial charge >= 0.3 is 0 Å². The highest BCUT2D eigenvalue weighted by atomic mass is 80.9. The van der Waals surface area contributed by atoms with Crippen molar-refractivity contribution in [3.05, 3.63) is 87.4 Å². The number of benzene rings is 3. The van der Waals surface area contributed by atoms with Gasteiger partial charge < -0.3 is 18.9 Å². The van der Waals surface area contributed by atoms with Crippen LogP contribution in [0.3, 0.4) is 0 Å². The summed E-state index contributed by atoms with van der Waals surface area (Å²) in [5.74, 6) is 3.19. The highest BCUT2D eigenvalue weighted by molar-refractivity contribution is 9.93. The number of fused-ring (bicyclic) bond motifs is 3. The average Bonchev–Trinajstić information content (AvgIpc) is 3.73. The van der Waals surface area contributed by atoms with Gasteiger partial charge in [-0.15, -0.1) is 0 Å². The SMILES string of the molecule is BrBr.Brc1ccc2c(c1)CCO2.C1CCOC1.Cc1ccc2c(c1)CCO2.c1ccc2c(c1)CCO2. The van der Waals surface area contributed by atoms with E-state index in [4.69, 9.17) is 18.9 Å². The molecule has 0 unspecified atom stereocenters. The van der Waals surface area contributed by atoms with Crippen molar-refractivity contribution < 1.29 is 18.9 Å². The molecular weight excluding hydrogens is 652 g/mol. The van der Waals surface area contributed by atoms with Crippen molar-refractivity contribution in [2.24, 2.45) is 0 Å². The van der Waals surface area contributed by atoms with Crippen LogP contribution in [0.25, 0.3) is 0 Å². The molecule has 4 heterocycles. The molecule has 0 saturated carbocycles. The molecule has 3 aromatic rings. The Morgan fingerprint density at radius 2 is 1.11 bits per heavy atom. The van der Waals surface area contributed by atoms with Gasteiger partial charge in [0, 0.05) is 65.2 Å². The zero-order valence-electron chi connectivity index (χ0n) is 20.6. The van der Waals surface area contributed by atoms with Crippen molar-refractivity contribution in [1.82, 2.24) is 0 Å². The number of halogens is 3. The summed E-state index contributed by atoms with van der Waals surface area (Å²) in [6.45, 7) is 6.67. The van der Waals surface area contributed by atoms with E-state index in [1.54, 1.807) is 0 Å². The third kappa shape index (κ3) is 9.40. The molecule has 4 nitrogen and oxygen atoms in total. The van der Waals surface area contributed by atoms with E-state index in [1.807, 2.05) is 30.3 Å². The molecule has 7 heteroatoms. The van der Waals surface area contributed by atoms with E-state index >= 15 is 0 Å². The maximum Gasteiger partial charge on any atom is 0.122 e. The first-order valence-electron chi connectivity index (χ1n) is 12.3. The van der Waals surface area contributed by atoms with Gasteiger partial charge in [-0.05, 0) is 66.8 Å². The zero-order chi connectivity index (χ0) is 25.6. The van der Waals surface area contributed by atoms with Gasteiger partial charge in [0.25, 0.3) is 0 Å². The third-order valence-corrected chi connectivity index (χ3v) is 6.42. The lowest BCUT2D eigenvalue weighted by molar-refractivity contribution is 0.198. The Morgan fingerprint density at radius 1 is 0.583 bits per heavy atom. The molecule has 194 valence electrons. The van der Waals surface area contributed by atoms with Crippen LogP contribution in [0.5, 0.6) is 17.2 Å². The number of hydrogen-bond acceptors (Lipinski definition) is 4. The summed E-state index contributed by atoms with van der Waals surface area (Å²) < 4.78 is 22.1. The second kappa shape index (κ2) is 16.3. The van der Waals surface area contributed by atoms with Crippen LogP contribution in [-0.2, 0) is 24.0 Å². The minimum Gasteiger partial charge on any atom is -0.493 e. The highest BCUT2D eigenvalue weighted by Crippen LogP contribution is 2.28. The molecule has 36 heavy (non-hydrogen) atoms. The number of hydrogen-bond donors (Lipinski definition) is 0. The lowest BCUT2D eigenvalue weighted by Crippen LogP contribution is -1.85. The summed E-state index contributed by atoms with van der Waals surface area (Å²) in [4.78, 5) is 0. The molecule has 0 atom stereocenters. The van der Waals surface area contributed by atoms with Gasteiger partial charge in [-0.2, -0.15) is 0 Å². The Hall–Kier alpha value is -1.54. The van der Waals surface area contributed by atoms with Crippen LogP contribution < -0.4 is 14.2 Å². The molecule has 0 spiro atoms. The summed E-state index contributed by atoms with van der Waals surface area (Å²) >= 11 is 8.91. The normalized spacial score (nSPS) is 15.2. The van der Waals surface area contributed by atoms with E-state index in [0.29, 0.717) is 0 Å². The van der Waals surface area contributed by atoms with E-state index < -0.39 is 0 Å². The van der Waals surface area contributed by atoms with Crippen molar-refractivity contribution >= 4 is 44.2 Å². The maximum absolute atomic E-state index is 5.35. The average molecular weight is 685 g/mol. The monoisotopic (exact) mass is 682 g/mol. The summed E-state index contributed by atoms with van der Waals surface area (Å²) in [5, 5.41) is 0. The number of rotatable bonds is 0. The van der Waals surface area contributed by atoms with E-state index in [-0.39, 0.29) is 0 Å². The van der Waals surface area contributed by atoms with E-state index in [9.17, 15) is 0 Å². The Balaban J connectivity index is 0.000000134. The minimum absolute atomic E-state index is 0.839. The Morgan fingerprint density at radius 3 is 1.69 bits per heavy atom. The molecule has 1 fully saturated rings. The molecule has 7 rings (SSSR count). The Labute approximate surface area is 238 Å². The van der Waals surface area contributed by atoms with Crippen LogP contribution in [0.1, 0.15) is 35.1 Å². The van der Waals surface area contributed by atoms with E-state index in [2.05, 4.69) is 81.4 Å². The van der Waals surface area contributed by atoms with Crippen molar-refractivity contribution in [2.75, 3.05) is 33.0 Å². The molecular formula is C29H33Br3O4. The molecule has 4 aliphatic heterocycles. The second-order valence-corrected chi connectivity index (χ2v) is 9.50. The fourth-order valence-electron chi connectivity index (χ4n) is 4.10. The molecule has 0 aromatic heterocycles. The van der Waals surface area contributed by atoms with Crippen molar-refractivity contribution in [3.8, 4) is 17.2 Å². The maximum atomic E-state index is 5.35. The summed E-state index contributed by atoms with van der Waals surface area (Å²) in [6.07, 6.45) is 5.77. The summed E-state index contributed by atoms with van der Waals surface area (Å²) in [6, 6.07) is 20.6. The van der Waals surface area contributed by atoms with Crippen LogP contribution in [0, 0.1) is 6.92 Å². The number of para-hydroxylation sites is 1. The van der Waals surface area contributed by atoms with Gasteiger partial charge in [0.1, 0.15) is 17.2 Å². The van der Waals surface area contributed by atoms with Crippen LogP contribution >= 0.6 is 44.2 Å². The fourth-order valence-corrected chi connectivity index (χ4v) is 4.51. The molecule has 0 N–H and O–H groups in total. The molecule has 4 aliphatic rings. The topological polar surface area (TPSA) is 36.9 Å². The molecule has 3 aromatic carbocycles. The Kier molecular flexibility index (Phi) is 13.2. The second-order valence-electron chi connectivity index (χ2n) is 8.59. The fraction of sp³-hybridized carbons (Fsp3) is 0.379. The summed E-state index contributed by atoms with van der Waals surface area (Å²) in [5.41, 5.74) is 5.34. The van der Waals surface area contributed by atoms with Gasteiger partial charge in [0.05, 0.1) is 19.8 Å². The highest BCUT2D eigenvalue weighted by Gasteiger charge is 2.11. The van der Waals surface area contributed by atoms with Gasteiger partial charge in [0.2, 0.25) is 0 Å². The molecule has 0 bridgehead atoms. The quantitative estimate of drug-likeness (QED) is 0.238. The summed E-state index contributed by atoms with van der Waals surface area (Å²) in [7, 11) is 0. The zero-order valence-corrected chi connectivity index (χ0v) is 25.4. The molecule has 0 radical (unpaired) electrons. The van der Waals surface area contributed by atoms with Gasteiger partial charge in [-0.25, -0.2) is 0 Å². The smallest absolute Gasteiger partial charge is 0.122 e. The molecule has 1 saturated heterocycles. The Bertz CT molecular complexity index is 984. The predicted octanol–water partition coefficient (Wildman–Crippen LogP) is 8.42. The lowest BCUT2D eigenvalue weighted by atomic mass is 10.1. The first-order valence-corrected chi connectivity index (χ1v) is 16.8. The minimum atomic E-state index is 0.839. The lowest BCUT2D eigenvalue weighted by Gasteiger charge is -1.97. The van der Waals surface area contributed by atoms with Crippen molar-refractivity contribution in [3.63, 3.8) is 0 Å². The van der Waals surface area contributed by atoms with Gasteiger partial charge in [-0.3, -0.25) is 0 Å². The van der Waals surface area contributed by atoms with Gasteiger partial charge in [0.15, 0.2) is 0 Å². The predicted molar refractivity (Wildman–Crippen MR) is 157 cm³/mol. The third-order valence-electron chi connectivity index (χ3n) is 5.93. The van der Waals surface area contributed by atoms with Gasteiger partial charge in [-0.1, -0.05) is 51.8 Å². The van der Waals surface area contributed by atoms with Crippen LogP contribution in [-0.4, -0.2) is 33.0 Å². The largest absolute Gasteiger partial charge is 0.493 e. The van der Waals surface area contributed by atoms with Crippen molar-refractivity contribution in [2.45, 2.75) is 39.0 Å². The number of ether oxygens (including phenoxy) is 4. The first kappa shape index (κ1) is 29.0. The molecule has 0 amide bonds.